The van der Waals surface area contributed by atoms with E-state index in [2.05, 4.69) is 19.9 Å². The van der Waals surface area contributed by atoms with Crippen molar-refractivity contribution in [1.29, 1.82) is 0 Å². The molecule has 1 N–H and O–H groups in total. The van der Waals surface area contributed by atoms with Gasteiger partial charge in [-0.1, -0.05) is 18.9 Å². The van der Waals surface area contributed by atoms with Crippen molar-refractivity contribution in [2.45, 2.75) is 31.7 Å². The summed E-state index contributed by atoms with van der Waals surface area (Å²) in [6.45, 7) is 2.56. The monoisotopic (exact) mass is 579 g/mol. The van der Waals surface area contributed by atoms with Crippen LogP contribution < -0.4 is 15.6 Å². The normalized spacial score (nSPS) is 15.8. The molecule has 11 nitrogen and oxygen atoms in total. The van der Waals surface area contributed by atoms with Gasteiger partial charge < -0.3 is 28.8 Å². The number of hydrogen-bond donors (Lipinski definition) is 1. The summed E-state index contributed by atoms with van der Waals surface area (Å²) in [5.41, 5.74) is 4.26. The molecule has 5 heterocycles. The van der Waals surface area contributed by atoms with Gasteiger partial charge in [-0.2, -0.15) is 4.98 Å². The maximum absolute atomic E-state index is 13.0. The lowest BCUT2D eigenvalue weighted by molar-refractivity contribution is 0.0815. The van der Waals surface area contributed by atoms with Crippen LogP contribution in [-0.2, 0) is 4.74 Å². The number of fused-ring (bicyclic) bond motifs is 2. The highest BCUT2D eigenvalue weighted by atomic mass is 16.5. The first-order valence-electron chi connectivity index (χ1n) is 14.7. The minimum atomic E-state index is -0.0758. The zero-order chi connectivity index (χ0) is 29.5. The van der Waals surface area contributed by atoms with Crippen LogP contribution >= 0.6 is 0 Å². The topological polar surface area (TPSA) is 119 Å². The van der Waals surface area contributed by atoms with Gasteiger partial charge in [0.1, 0.15) is 16.9 Å². The number of carbonyl (C=O) groups is 1. The highest BCUT2D eigenvalue weighted by molar-refractivity contribution is 5.98. The van der Waals surface area contributed by atoms with Gasteiger partial charge in [-0.05, 0) is 42.7 Å². The third-order valence-corrected chi connectivity index (χ3v) is 8.26. The van der Waals surface area contributed by atoms with E-state index < -0.39 is 0 Å². The zero-order valence-corrected chi connectivity index (χ0v) is 24.2. The minimum absolute atomic E-state index is 0.0420. The summed E-state index contributed by atoms with van der Waals surface area (Å²) in [5, 5.41) is 4.66. The maximum Gasteiger partial charge on any atom is 0.270 e. The summed E-state index contributed by atoms with van der Waals surface area (Å²) in [7, 11) is 3.54. The summed E-state index contributed by atoms with van der Waals surface area (Å²) >= 11 is 0. The highest BCUT2D eigenvalue weighted by Gasteiger charge is 2.26. The van der Waals surface area contributed by atoms with Crippen LogP contribution in [0.1, 0.15) is 42.2 Å². The van der Waals surface area contributed by atoms with Crippen molar-refractivity contribution < 1.29 is 13.9 Å². The van der Waals surface area contributed by atoms with Gasteiger partial charge in [0.05, 0.1) is 30.5 Å². The number of anilines is 3. The first-order valence-corrected chi connectivity index (χ1v) is 14.7. The molecular formula is C32H33N7O4. The zero-order valence-electron chi connectivity index (χ0n) is 24.2. The predicted octanol–water partition coefficient (Wildman–Crippen LogP) is 5.00. The van der Waals surface area contributed by atoms with Crippen LogP contribution in [0.15, 0.2) is 64.2 Å². The van der Waals surface area contributed by atoms with E-state index >= 15 is 0 Å². The lowest BCUT2D eigenvalue weighted by atomic mass is 10.1. The molecule has 43 heavy (non-hydrogen) atoms. The number of nitrogens with zero attached hydrogens (tertiary/aromatic N) is 6. The van der Waals surface area contributed by atoms with Crippen LogP contribution in [0.3, 0.4) is 0 Å². The van der Waals surface area contributed by atoms with E-state index in [9.17, 15) is 9.59 Å². The summed E-state index contributed by atoms with van der Waals surface area (Å²) in [6.07, 6.45) is 9.57. The number of nitrogens with one attached hydrogen (secondary N) is 1. The number of carbonyl (C=O) groups excluding carboxylic acids is 1. The van der Waals surface area contributed by atoms with E-state index in [4.69, 9.17) is 14.1 Å². The average Bonchev–Trinajstić information content (AvgIpc) is 3.69. The molecule has 0 radical (unpaired) electrons. The van der Waals surface area contributed by atoms with E-state index in [0.717, 1.165) is 47.8 Å². The van der Waals surface area contributed by atoms with E-state index in [1.165, 1.54) is 0 Å². The second kappa shape index (κ2) is 11.1. The van der Waals surface area contributed by atoms with Crippen LogP contribution in [0.25, 0.3) is 33.1 Å². The van der Waals surface area contributed by atoms with Crippen LogP contribution in [0.4, 0.5) is 17.5 Å². The van der Waals surface area contributed by atoms with E-state index in [1.54, 1.807) is 49.7 Å². The Morgan fingerprint density at radius 2 is 1.81 bits per heavy atom. The number of rotatable bonds is 6. The number of amides is 1. The molecule has 4 aromatic heterocycles. The molecule has 2 aliphatic rings. The first-order chi connectivity index (χ1) is 20.9. The van der Waals surface area contributed by atoms with Crippen molar-refractivity contribution in [3.63, 3.8) is 0 Å². The third-order valence-electron chi connectivity index (χ3n) is 8.26. The van der Waals surface area contributed by atoms with Gasteiger partial charge in [-0.3, -0.25) is 14.6 Å². The first kappa shape index (κ1) is 27.1. The van der Waals surface area contributed by atoms with Gasteiger partial charge in [-0.15, -0.1) is 0 Å². The van der Waals surface area contributed by atoms with Crippen LogP contribution in [0, 0.1) is 0 Å². The summed E-state index contributed by atoms with van der Waals surface area (Å²) in [6, 6.07) is 11.2. The summed E-state index contributed by atoms with van der Waals surface area (Å²) in [4.78, 5) is 43.4. The van der Waals surface area contributed by atoms with Crippen molar-refractivity contribution >= 4 is 45.4 Å². The van der Waals surface area contributed by atoms with Gasteiger partial charge in [0, 0.05) is 62.6 Å². The van der Waals surface area contributed by atoms with Crippen molar-refractivity contribution in [2.24, 2.45) is 0 Å². The smallest absolute Gasteiger partial charge is 0.270 e. The van der Waals surface area contributed by atoms with Gasteiger partial charge in [0.25, 0.3) is 5.91 Å². The molecule has 1 aromatic carbocycles. The molecule has 0 bridgehead atoms. The predicted molar refractivity (Wildman–Crippen MR) is 165 cm³/mol. The maximum atomic E-state index is 13.0. The second-order valence-electron chi connectivity index (χ2n) is 11.4. The average molecular weight is 580 g/mol. The fraction of sp³-hybridized carbons (Fsp3) is 0.344. The highest BCUT2D eigenvalue weighted by Crippen LogP contribution is 2.35. The Morgan fingerprint density at radius 3 is 2.60 bits per heavy atom. The van der Waals surface area contributed by atoms with Crippen LogP contribution in [0.2, 0.25) is 0 Å². The number of ether oxygens (including phenoxy) is 1. The molecule has 7 rings (SSSR count). The number of pyridine rings is 1. The molecule has 0 unspecified atom stereocenters. The summed E-state index contributed by atoms with van der Waals surface area (Å²) < 4.78 is 13.7. The third kappa shape index (κ3) is 5.20. The van der Waals surface area contributed by atoms with Gasteiger partial charge >= 0.3 is 0 Å². The fourth-order valence-corrected chi connectivity index (χ4v) is 6.05. The van der Waals surface area contributed by atoms with E-state index in [0.29, 0.717) is 60.5 Å². The van der Waals surface area contributed by atoms with Gasteiger partial charge in [0.2, 0.25) is 5.95 Å². The van der Waals surface area contributed by atoms with Crippen molar-refractivity contribution in [3.8, 4) is 11.1 Å². The van der Waals surface area contributed by atoms with Gasteiger partial charge in [0.15, 0.2) is 11.3 Å². The molecule has 1 saturated carbocycles. The molecule has 5 aromatic rings. The van der Waals surface area contributed by atoms with Crippen LogP contribution in [-0.4, -0.2) is 70.7 Å². The molecule has 1 amide bonds. The molecule has 220 valence electrons. The number of aromatic nitrogens is 4. The quantitative estimate of drug-likeness (QED) is 0.297. The van der Waals surface area contributed by atoms with Crippen molar-refractivity contribution in [3.05, 3.63) is 70.9 Å². The Labute approximate surface area is 248 Å². The molecule has 1 saturated heterocycles. The Morgan fingerprint density at radius 1 is 1.00 bits per heavy atom. The Hall–Kier alpha value is -4.77. The Bertz CT molecular complexity index is 1880. The Kier molecular flexibility index (Phi) is 7.02. The molecule has 0 atom stereocenters. The molecule has 1 aliphatic carbocycles. The second-order valence-corrected chi connectivity index (χ2v) is 11.4. The molecule has 1 aliphatic heterocycles. The molecular weight excluding hydrogens is 546 g/mol. The lowest BCUT2D eigenvalue weighted by Gasteiger charge is -2.27. The Balaban J connectivity index is 1.20. The number of hydrogen-bond acceptors (Lipinski definition) is 9. The lowest BCUT2D eigenvalue weighted by Crippen LogP contribution is -2.36. The minimum Gasteiger partial charge on any atom is -0.440 e. The van der Waals surface area contributed by atoms with Crippen molar-refractivity contribution in [2.75, 3.05) is 50.6 Å². The molecule has 2 fully saturated rings. The van der Waals surface area contributed by atoms with Crippen molar-refractivity contribution in [1.82, 2.24) is 24.4 Å². The van der Waals surface area contributed by atoms with Gasteiger partial charge in [-0.25, -0.2) is 4.98 Å². The molecule has 11 heteroatoms. The van der Waals surface area contributed by atoms with E-state index in [-0.39, 0.29) is 17.4 Å². The number of morpholine rings is 1. The SMILES string of the molecule is CN(C)C(=O)c1cc2cnc(Nc3cncc(-c4ccc5c(=O)cc(N6CCOCC6)oc5c4)c3)nc2n1C1CCCC1. The standard InChI is InChI=1S/C32H33N7O4/c1-37(2)31(41)26-14-22-18-34-32(36-30(22)39(26)24-5-3-4-6-24)35-23-13-21(17-33-19-23)20-7-8-25-27(40)16-29(43-28(25)15-20)38-9-11-42-12-10-38/h7-8,13-19,24H,3-6,9-12H2,1-2H3,(H,34,35,36). The number of benzene rings is 1. The molecule has 0 spiro atoms. The van der Waals surface area contributed by atoms with Crippen LogP contribution in [0.5, 0.6) is 0 Å². The van der Waals surface area contributed by atoms with E-state index in [1.807, 2.05) is 29.2 Å². The largest absolute Gasteiger partial charge is 0.440 e. The summed E-state index contributed by atoms with van der Waals surface area (Å²) in [5.74, 6) is 0.934. The fourth-order valence-electron chi connectivity index (χ4n) is 6.05.